The number of esters is 1. The highest BCUT2D eigenvalue weighted by molar-refractivity contribution is 6.71. The number of aliphatic hydroxyl groups excluding tert-OH is 1. The Balaban J connectivity index is 4.12. The normalized spacial score (nSPS) is 14.2. The van der Waals surface area contributed by atoms with E-state index in [0.717, 1.165) is 12.5 Å². The average molecular weight is 423 g/mol. The summed E-state index contributed by atoms with van der Waals surface area (Å²) in [6.07, 6.45) is 0.272. The van der Waals surface area contributed by atoms with Crippen molar-refractivity contribution in [3.8, 4) is 0 Å². The van der Waals surface area contributed by atoms with Crippen LogP contribution < -0.4 is 0 Å². The number of aliphatic hydroxyl groups is 1. The first-order valence-electron chi connectivity index (χ1n) is 9.25. The lowest BCUT2D eigenvalue weighted by Gasteiger charge is -2.31. The van der Waals surface area contributed by atoms with Crippen molar-refractivity contribution in [3.63, 3.8) is 0 Å². The SMILES string of the molecule is C=C(C)C(=O)OC(CO)COCCC[SiH2]C(O[Si](C)(C)C)O[Si](C)(C)C. The molecule has 0 spiro atoms. The van der Waals surface area contributed by atoms with Crippen LogP contribution in [0.4, 0.5) is 0 Å². The lowest BCUT2D eigenvalue weighted by molar-refractivity contribution is -0.149. The number of hydrogen-bond donors (Lipinski definition) is 1. The molecule has 0 aromatic carbocycles. The zero-order chi connectivity index (χ0) is 20.4. The predicted octanol–water partition coefficient (Wildman–Crippen LogP) is 2.45. The Kier molecular flexibility index (Phi) is 12.1. The molecular formula is C17H38O6Si3. The third-order valence-corrected chi connectivity index (χ3v) is 7.40. The quantitative estimate of drug-likeness (QED) is 0.152. The molecule has 0 bridgehead atoms. The molecule has 0 aliphatic rings. The Labute approximate surface area is 163 Å². The fraction of sp³-hybridized carbons (Fsp3) is 0.824. The first kappa shape index (κ1) is 25.7. The monoisotopic (exact) mass is 422 g/mol. The van der Waals surface area contributed by atoms with Gasteiger partial charge < -0.3 is 23.4 Å². The summed E-state index contributed by atoms with van der Waals surface area (Å²) in [5, 5.41) is 9.24. The van der Waals surface area contributed by atoms with Crippen LogP contribution in [-0.2, 0) is 23.1 Å². The largest absolute Gasteiger partial charge is 0.454 e. The Morgan fingerprint density at radius 1 is 1.12 bits per heavy atom. The predicted molar refractivity (Wildman–Crippen MR) is 113 cm³/mol. The smallest absolute Gasteiger partial charge is 0.333 e. The van der Waals surface area contributed by atoms with Crippen LogP contribution in [-0.4, -0.2) is 69.1 Å². The van der Waals surface area contributed by atoms with Gasteiger partial charge in [0.2, 0.25) is 0 Å². The van der Waals surface area contributed by atoms with Crippen LogP contribution in [0.1, 0.15) is 13.3 Å². The van der Waals surface area contributed by atoms with Crippen molar-refractivity contribution in [3.05, 3.63) is 12.2 Å². The summed E-state index contributed by atoms with van der Waals surface area (Å²) in [4.78, 5) is 11.4. The van der Waals surface area contributed by atoms with Crippen LogP contribution in [0.2, 0.25) is 45.3 Å². The van der Waals surface area contributed by atoms with Gasteiger partial charge in [-0.05, 0) is 52.6 Å². The summed E-state index contributed by atoms with van der Waals surface area (Å²) >= 11 is 0. The first-order valence-corrected chi connectivity index (χ1v) is 17.9. The van der Waals surface area contributed by atoms with E-state index in [1.54, 1.807) is 6.92 Å². The number of rotatable bonds is 14. The molecule has 0 aromatic heterocycles. The minimum atomic E-state index is -1.62. The minimum absolute atomic E-state index is 0.00459. The molecule has 0 amide bonds. The van der Waals surface area contributed by atoms with E-state index in [4.69, 9.17) is 18.3 Å². The van der Waals surface area contributed by atoms with E-state index < -0.39 is 38.2 Å². The lowest BCUT2D eigenvalue weighted by atomic mass is 10.3. The molecule has 9 heteroatoms. The van der Waals surface area contributed by atoms with Crippen LogP contribution in [0.5, 0.6) is 0 Å². The number of carbonyl (C=O) groups is 1. The summed E-state index contributed by atoms with van der Waals surface area (Å²) in [7, 11) is -3.76. The summed E-state index contributed by atoms with van der Waals surface area (Å²) in [5.41, 5.74) is 0.310. The van der Waals surface area contributed by atoms with Gasteiger partial charge in [-0.25, -0.2) is 4.79 Å². The molecule has 1 atom stereocenters. The fourth-order valence-corrected chi connectivity index (χ4v) is 8.58. The van der Waals surface area contributed by atoms with E-state index in [1.165, 1.54) is 0 Å². The Morgan fingerprint density at radius 2 is 1.65 bits per heavy atom. The van der Waals surface area contributed by atoms with Crippen molar-refractivity contribution in [1.82, 2.24) is 0 Å². The molecule has 26 heavy (non-hydrogen) atoms. The molecule has 1 N–H and O–H groups in total. The van der Waals surface area contributed by atoms with E-state index in [-0.39, 0.29) is 19.1 Å². The molecular weight excluding hydrogens is 384 g/mol. The van der Waals surface area contributed by atoms with Gasteiger partial charge in [0, 0.05) is 12.2 Å². The summed E-state index contributed by atoms with van der Waals surface area (Å²) in [6, 6.07) is 1.06. The Hall–Kier alpha value is -0.299. The highest BCUT2D eigenvalue weighted by Gasteiger charge is 2.26. The number of ether oxygens (including phenoxy) is 2. The van der Waals surface area contributed by atoms with Crippen molar-refractivity contribution in [2.24, 2.45) is 0 Å². The second kappa shape index (κ2) is 12.2. The van der Waals surface area contributed by atoms with E-state index in [2.05, 4.69) is 45.9 Å². The average Bonchev–Trinajstić information content (AvgIpc) is 2.45. The Morgan fingerprint density at radius 3 is 2.08 bits per heavy atom. The van der Waals surface area contributed by atoms with Crippen molar-refractivity contribution in [2.45, 2.75) is 70.7 Å². The number of hydrogen-bond acceptors (Lipinski definition) is 6. The summed E-state index contributed by atoms with van der Waals surface area (Å²) in [5.74, 6) is -0.509. The second-order valence-electron chi connectivity index (χ2n) is 8.45. The maximum absolute atomic E-state index is 11.4. The van der Waals surface area contributed by atoms with E-state index in [0.29, 0.717) is 12.2 Å². The molecule has 0 aliphatic carbocycles. The molecule has 0 saturated heterocycles. The highest BCUT2D eigenvalue weighted by Crippen LogP contribution is 2.14. The van der Waals surface area contributed by atoms with E-state index >= 15 is 0 Å². The highest BCUT2D eigenvalue weighted by atomic mass is 28.4. The van der Waals surface area contributed by atoms with Crippen LogP contribution in [0, 0.1) is 0 Å². The van der Waals surface area contributed by atoms with Gasteiger partial charge in [0.1, 0.15) is 12.0 Å². The van der Waals surface area contributed by atoms with Crippen molar-refractivity contribution >= 4 is 32.1 Å². The third kappa shape index (κ3) is 14.8. The standard InChI is InChI=1S/C17H38O6Si3/c1-14(2)16(19)21-15(12-18)13-20-10-9-11-24-17(22-25(3,4)5)23-26(6,7)8/h15,17-18H,1,9-13,24H2,2-8H3. The second-order valence-corrected chi connectivity index (χ2v) is 19.3. The number of carbonyl (C=O) groups excluding carboxylic acids is 1. The molecule has 0 rings (SSSR count). The van der Waals surface area contributed by atoms with Gasteiger partial charge in [0.15, 0.2) is 16.6 Å². The lowest BCUT2D eigenvalue weighted by Crippen LogP contribution is -2.43. The van der Waals surface area contributed by atoms with Gasteiger partial charge in [-0.1, -0.05) is 12.6 Å². The zero-order valence-corrected chi connectivity index (χ0v) is 21.0. The van der Waals surface area contributed by atoms with Gasteiger partial charge >= 0.3 is 5.97 Å². The third-order valence-electron chi connectivity index (χ3n) is 3.08. The molecule has 0 radical (unpaired) electrons. The van der Waals surface area contributed by atoms with Gasteiger partial charge in [0.25, 0.3) is 0 Å². The van der Waals surface area contributed by atoms with Crippen LogP contribution >= 0.6 is 0 Å². The van der Waals surface area contributed by atoms with E-state index in [9.17, 15) is 9.90 Å². The minimum Gasteiger partial charge on any atom is -0.454 e. The van der Waals surface area contributed by atoms with E-state index in [1.807, 2.05) is 0 Å². The van der Waals surface area contributed by atoms with Gasteiger partial charge in [-0.3, -0.25) is 0 Å². The first-order chi connectivity index (χ1) is 11.8. The van der Waals surface area contributed by atoms with Crippen LogP contribution in [0.25, 0.3) is 0 Å². The van der Waals surface area contributed by atoms with Crippen LogP contribution in [0.15, 0.2) is 12.2 Å². The van der Waals surface area contributed by atoms with Gasteiger partial charge in [-0.15, -0.1) is 0 Å². The van der Waals surface area contributed by atoms with Crippen molar-refractivity contribution in [1.29, 1.82) is 0 Å². The topological polar surface area (TPSA) is 74.2 Å². The molecule has 0 aliphatic heterocycles. The van der Waals surface area contributed by atoms with Crippen LogP contribution in [0.3, 0.4) is 0 Å². The Bertz CT molecular complexity index is 415. The molecule has 0 aromatic rings. The molecule has 6 nitrogen and oxygen atoms in total. The van der Waals surface area contributed by atoms with Gasteiger partial charge in [-0.2, -0.15) is 0 Å². The summed E-state index contributed by atoms with van der Waals surface area (Å²) < 4.78 is 23.1. The maximum atomic E-state index is 11.4. The van der Waals surface area contributed by atoms with Gasteiger partial charge in [0.05, 0.1) is 22.7 Å². The molecule has 0 saturated carbocycles. The summed E-state index contributed by atoms with van der Waals surface area (Å²) in [6.45, 7) is 18.7. The maximum Gasteiger partial charge on any atom is 0.333 e. The zero-order valence-electron chi connectivity index (χ0n) is 17.6. The molecule has 0 heterocycles. The molecule has 154 valence electrons. The fourth-order valence-electron chi connectivity index (χ4n) is 2.04. The molecule has 1 unspecified atom stereocenters. The van der Waals surface area contributed by atoms with Crippen molar-refractivity contribution in [2.75, 3.05) is 19.8 Å². The molecule has 0 fully saturated rings. The van der Waals surface area contributed by atoms with Crippen molar-refractivity contribution < 1.29 is 28.2 Å².